The second-order valence-corrected chi connectivity index (χ2v) is 7.86. The highest BCUT2D eigenvalue weighted by atomic mass is 16.2. The molecule has 0 spiro atoms. The Morgan fingerprint density at radius 2 is 1.71 bits per heavy atom. The number of hydrogen-bond donors (Lipinski definition) is 2. The van der Waals surface area contributed by atoms with Crippen LogP contribution in [0, 0.1) is 17.8 Å². The van der Waals surface area contributed by atoms with Crippen molar-refractivity contribution < 1.29 is 4.79 Å². The first-order valence-corrected chi connectivity index (χ1v) is 9.20. The average molecular weight is 292 g/mol. The number of hydrogen-bond acceptors (Lipinski definition) is 2. The fourth-order valence-electron chi connectivity index (χ4n) is 4.94. The Hall–Kier alpha value is -0.570. The van der Waals surface area contributed by atoms with E-state index in [1.165, 1.54) is 38.5 Å². The molecule has 0 aromatic rings. The largest absolute Gasteiger partial charge is 0.352 e. The lowest BCUT2D eigenvalue weighted by Crippen LogP contribution is -2.56. The van der Waals surface area contributed by atoms with Crippen LogP contribution in [-0.2, 0) is 4.79 Å². The van der Waals surface area contributed by atoms with Gasteiger partial charge in [-0.2, -0.15) is 0 Å². The number of fused-ring (bicyclic) bond motifs is 1. The molecule has 3 fully saturated rings. The number of rotatable bonds is 2. The van der Waals surface area contributed by atoms with Crippen LogP contribution < -0.4 is 10.6 Å². The smallest absolute Gasteiger partial charge is 0.223 e. The maximum Gasteiger partial charge on any atom is 0.223 e. The van der Waals surface area contributed by atoms with E-state index in [0.29, 0.717) is 24.0 Å². The van der Waals surface area contributed by atoms with Crippen LogP contribution in [0.15, 0.2) is 0 Å². The van der Waals surface area contributed by atoms with E-state index in [1.54, 1.807) is 0 Å². The number of amides is 1. The molecule has 3 heteroatoms. The van der Waals surface area contributed by atoms with E-state index in [-0.39, 0.29) is 5.92 Å². The first kappa shape index (κ1) is 15.3. The molecule has 0 aromatic carbocycles. The van der Waals surface area contributed by atoms with Gasteiger partial charge in [-0.05, 0) is 57.8 Å². The third-order valence-corrected chi connectivity index (χ3v) is 6.30. The molecule has 0 radical (unpaired) electrons. The summed E-state index contributed by atoms with van der Waals surface area (Å²) in [6, 6.07) is 1.33. The highest BCUT2D eigenvalue weighted by Gasteiger charge is 2.36. The van der Waals surface area contributed by atoms with Crippen molar-refractivity contribution in [2.24, 2.45) is 17.8 Å². The van der Waals surface area contributed by atoms with Crippen molar-refractivity contribution in [3.63, 3.8) is 0 Å². The number of carbonyl (C=O) groups is 1. The van der Waals surface area contributed by atoms with Crippen molar-refractivity contribution >= 4 is 5.91 Å². The molecule has 3 aliphatic rings. The number of nitrogens with one attached hydrogen (secondary N) is 2. The van der Waals surface area contributed by atoms with E-state index in [2.05, 4.69) is 24.5 Å². The van der Waals surface area contributed by atoms with Crippen LogP contribution in [0.25, 0.3) is 0 Å². The van der Waals surface area contributed by atoms with Crippen LogP contribution >= 0.6 is 0 Å². The van der Waals surface area contributed by atoms with Gasteiger partial charge in [0.2, 0.25) is 5.91 Å². The molecular weight excluding hydrogens is 260 g/mol. The second kappa shape index (κ2) is 6.68. The monoisotopic (exact) mass is 292 g/mol. The highest BCUT2D eigenvalue weighted by molar-refractivity contribution is 5.79. The van der Waals surface area contributed by atoms with Gasteiger partial charge in [0.05, 0.1) is 0 Å². The predicted molar refractivity (Wildman–Crippen MR) is 86.0 cm³/mol. The van der Waals surface area contributed by atoms with Crippen molar-refractivity contribution in [2.45, 2.75) is 89.8 Å². The Morgan fingerprint density at radius 1 is 0.952 bits per heavy atom. The minimum absolute atomic E-state index is 0.288. The molecule has 2 N–H and O–H groups in total. The van der Waals surface area contributed by atoms with E-state index in [9.17, 15) is 4.79 Å². The zero-order valence-corrected chi connectivity index (χ0v) is 13.7. The summed E-state index contributed by atoms with van der Waals surface area (Å²) in [5, 5.41) is 6.92. The van der Waals surface area contributed by atoms with Gasteiger partial charge in [0.25, 0.3) is 0 Å². The third kappa shape index (κ3) is 3.61. The minimum Gasteiger partial charge on any atom is -0.352 e. The van der Waals surface area contributed by atoms with E-state index >= 15 is 0 Å². The van der Waals surface area contributed by atoms with Crippen LogP contribution in [0.5, 0.6) is 0 Å². The SMILES string of the molecule is CC1CCC(NC(=O)C2CCC3CCCCC3C2)C(C)N1. The lowest BCUT2D eigenvalue weighted by atomic mass is 9.67. The van der Waals surface area contributed by atoms with E-state index < -0.39 is 0 Å². The first-order chi connectivity index (χ1) is 10.1. The summed E-state index contributed by atoms with van der Waals surface area (Å²) in [5.41, 5.74) is 0. The van der Waals surface area contributed by atoms with Gasteiger partial charge < -0.3 is 10.6 Å². The summed E-state index contributed by atoms with van der Waals surface area (Å²) in [4.78, 5) is 12.6. The Bertz CT molecular complexity index is 370. The summed E-state index contributed by atoms with van der Waals surface area (Å²) in [6.45, 7) is 4.44. The van der Waals surface area contributed by atoms with Crippen molar-refractivity contribution in [2.75, 3.05) is 0 Å². The van der Waals surface area contributed by atoms with Gasteiger partial charge in [-0.15, -0.1) is 0 Å². The molecule has 120 valence electrons. The van der Waals surface area contributed by atoms with Crippen LogP contribution in [0.4, 0.5) is 0 Å². The Balaban J connectivity index is 1.51. The predicted octanol–water partition coefficient (Wildman–Crippen LogP) is 3.24. The van der Waals surface area contributed by atoms with E-state index in [0.717, 1.165) is 31.1 Å². The maximum absolute atomic E-state index is 12.6. The van der Waals surface area contributed by atoms with Crippen molar-refractivity contribution in [1.82, 2.24) is 10.6 Å². The summed E-state index contributed by atoms with van der Waals surface area (Å²) in [5.74, 6) is 2.40. The van der Waals surface area contributed by atoms with Gasteiger partial charge >= 0.3 is 0 Å². The third-order valence-electron chi connectivity index (χ3n) is 6.30. The van der Waals surface area contributed by atoms with Gasteiger partial charge in [-0.1, -0.05) is 25.7 Å². The van der Waals surface area contributed by atoms with Gasteiger partial charge in [-0.25, -0.2) is 0 Å². The fourth-order valence-corrected chi connectivity index (χ4v) is 4.94. The van der Waals surface area contributed by atoms with Crippen molar-refractivity contribution in [3.05, 3.63) is 0 Å². The summed E-state index contributed by atoms with van der Waals surface area (Å²) in [6.07, 6.45) is 11.5. The molecule has 3 rings (SSSR count). The molecule has 2 saturated carbocycles. The van der Waals surface area contributed by atoms with Crippen LogP contribution in [0.3, 0.4) is 0 Å². The Kier molecular flexibility index (Phi) is 4.88. The molecule has 21 heavy (non-hydrogen) atoms. The molecule has 1 saturated heterocycles. The number of piperidine rings is 1. The number of carbonyl (C=O) groups excluding carboxylic acids is 1. The first-order valence-electron chi connectivity index (χ1n) is 9.20. The summed E-state index contributed by atoms with van der Waals surface area (Å²) >= 11 is 0. The topological polar surface area (TPSA) is 41.1 Å². The molecule has 6 unspecified atom stereocenters. The molecular formula is C18H32N2O. The van der Waals surface area contributed by atoms with Gasteiger partial charge in [0.1, 0.15) is 0 Å². The van der Waals surface area contributed by atoms with Gasteiger partial charge in [0.15, 0.2) is 0 Å². The molecule has 1 amide bonds. The van der Waals surface area contributed by atoms with Gasteiger partial charge in [0, 0.05) is 24.0 Å². The van der Waals surface area contributed by atoms with Gasteiger partial charge in [-0.3, -0.25) is 4.79 Å². The van der Waals surface area contributed by atoms with Crippen LogP contribution in [0.1, 0.15) is 71.6 Å². The zero-order chi connectivity index (χ0) is 14.8. The van der Waals surface area contributed by atoms with Crippen LogP contribution in [0.2, 0.25) is 0 Å². The quantitative estimate of drug-likeness (QED) is 0.820. The van der Waals surface area contributed by atoms with E-state index in [1.807, 2.05) is 0 Å². The van der Waals surface area contributed by atoms with E-state index in [4.69, 9.17) is 0 Å². The zero-order valence-electron chi connectivity index (χ0n) is 13.7. The highest BCUT2D eigenvalue weighted by Crippen LogP contribution is 2.42. The molecule has 6 atom stereocenters. The lowest BCUT2D eigenvalue weighted by Gasteiger charge is -2.40. The standard InChI is InChI=1S/C18H32N2O/c1-12-7-10-17(13(2)19-12)20-18(21)16-9-8-14-5-3-4-6-15(14)11-16/h12-17,19H,3-11H2,1-2H3,(H,20,21). The van der Waals surface area contributed by atoms with Crippen molar-refractivity contribution in [1.29, 1.82) is 0 Å². The summed E-state index contributed by atoms with van der Waals surface area (Å²) in [7, 11) is 0. The fraction of sp³-hybridized carbons (Fsp3) is 0.944. The van der Waals surface area contributed by atoms with Crippen molar-refractivity contribution in [3.8, 4) is 0 Å². The van der Waals surface area contributed by atoms with Crippen LogP contribution in [-0.4, -0.2) is 24.0 Å². The summed E-state index contributed by atoms with van der Waals surface area (Å²) < 4.78 is 0. The molecule has 3 nitrogen and oxygen atoms in total. The average Bonchev–Trinajstić information content (AvgIpc) is 2.49. The molecule has 0 bridgehead atoms. The normalized spacial score (nSPS) is 43.9. The Morgan fingerprint density at radius 3 is 2.48 bits per heavy atom. The Labute approximate surface area is 129 Å². The minimum atomic E-state index is 0.288. The molecule has 2 aliphatic carbocycles. The lowest BCUT2D eigenvalue weighted by molar-refractivity contribution is -0.128. The molecule has 1 aliphatic heterocycles. The molecule has 0 aromatic heterocycles. The molecule has 1 heterocycles. The maximum atomic E-state index is 12.6. The second-order valence-electron chi connectivity index (χ2n) is 7.86.